The van der Waals surface area contributed by atoms with Crippen LogP contribution in [-0.2, 0) is 0 Å². The summed E-state index contributed by atoms with van der Waals surface area (Å²) >= 11 is 16.9. The van der Waals surface area contributed by atoms with E-state index in [1.54, 1.807) is 19.1 Å². The lowest BCUT2D eigenvalue weighted by Gasteiger charge is -2.11. The van der Waals surface area contributed by atoms with Gasteiger partial charge in [-0.15, -0.1) is 0 Å². The number of pyridine rings is 1. The molecular weight excluding hydrogens is 320 g/mol. The van der Waals surface area contributed by atoms with E-state index in [-0.39, 0.29) is 15.0 Å². The van der Waals surface area contributed by atoms with Crippen molar-refractivity contribution in [2.24, 2.45) is 5.73 Å². The quantitative estimate of drug-likeness (QED) is 0.828. The highest BCUT2D eigenvalue weighted by Crippen LogP contribution is 2.33. The van der Waals surface area contributed by atoms with Crippen LogP contribution in [0, 0.1) is 12.7 Å². The summed E-state index contributed by atoms with van der Waals surface area (Å²) in [7, 11) is 0. The number of thiocarbonyl (C=S) groups is 1. The summed E-state index contributed by atoms with van der Waals surface area (Å²) in [5.74, 6) is -0.0326. The van der Waals surface area contributed by atoms with E-state index in [2.05, 4.69) is 10.3 Å². The van der Waals surface area contributed by atoms with Gasteiger partial charge in [0.25, 0.3) is 0 Å². The fourth-order valence-electron chi connectivity index (χ4n) is 1.66. The third-order valence-electron chi connectivity index (χ3n) is 2.50. The molecule has 0 radical (unpaired) electrons. The van der Waals surface area contributed by atoms with E-state index in [0.29, 0.717) is 17.1 Å². The Morgan fingerprint density at radius 3 is 2.40 bits per heavy atom. The summed E-state index contributed by atoms with van der Waals surface area (Å²) in [6.07, 6.45) is 0. The van der Waals surface area contributed by atoms with E-state index in [0.717, 1.165) is 5.69 Å². The van der Waals surface area contributed by atoms with Crippen LogP contribution in [0.15, 0.2) is 24.3 Å². The molecule has 2 rings (SSSR count). The highest BCUT2D eigenvalue weighted by molar-refractivity contribution is 7.80. The maximum Gasteiger partial charge on any atom is 0.131 e. The zero-order valence-electron chi connectivity index (χ0n) is 10.4. The molecule has 1 aromatic carbocycles. The lowest BCUT2D eigenvalue weighted by Crippen LogP contribution is -2.11. The maximum atomic E-state index is 13.1. The third kappa shape index (κ3) is 3.36. The Morgan fingerprint density at radius 2 is 1.85 bits per heavy atom. The van der Waals surface area contributed by atoms with Crippen molar-refractivity contribution < 1.29 is 4.39 Å². The summed E-state index contributed by atoms with van der Waals surface area (Å²) in [4.78, 5) is 4.54. The first kappa shape index (κ1) is 15.0. The Labute approximate surface area is 130 Å². The Bertz CT molecular complexity index is 668. The molecule has 3 N–H and O–H groups in total. The van der Waals surface area contributed by atoms with Crippen molar-refractivity contribution in [3.8, 4) is 0 Å². The lowest BCUT2D eigenvalue weighted by atomic mass is 10.2. The molecule has 0 aliphatic heterocycles. The second-order valence-corrected chi connectivity index (χ2v) is 5.37. The van der Waals surface area contributed by atoms with Gasteiger partial charge in [0.15, 0.2) is 0 Å². The minimum absolute atomic E-state index is 0.162. The molecule has 0 saturated carbocycles. The molecule has 20 heavy (non-hydrogen) atoms. The SMILES string of the molecule is Cc1cc(C(N)=S)cc(Nc2c(Cl)cc(F)cc2Cl)n1. The average molecular weight is 330 g/mol. The normalized spacial score (nSPS) is 10.4. The van der Waals surface area contributed by atoms with E-state index in [1.165, 1.54) is 12.1 Å². The summed E-state index contributed by atoms with van der Waals surface area (Å²) in [5.41, 5.74) is 7.37. The van der Waals surface area contributed by atoms with E-state index in [9.17, 15) is 4.39 Å². The fraction of sp³-hybridized carbons (Fsp3) is 0.0769. The number of nitrogens with two attached hydrogens (primary N) is 1. The van der Waals surface area contributed by atoms with Crippen LogP contribution in [0.5, 0.6) is 0 Å². The average Bonchev–Trinajstić information content (AvgIpc) is 2.33. The van der Waals surface area contributed by atoms with E-state index >= 15 is 0 Å². The minimum atomic E-state index is -0.508. The number of benzene rings is 1. The molecule has 1 heterocycles. The van der Waals surface area contributed by atoms with Crippen LogP contribution in [0.1, 0.15) is 11.3 Å². The van der Waals surface area contributed by atoms with Crippen LogP contribution in [-0.4, -0.2) is 9.97 Å². The Balaban J connectivity index is 2.42. The van der Waals surface area contributed by atoms with Crippen molar-refractivity contribution in [1.82, 2.24) is 4.98 Å². The van der Waals surface area contributed by atoms with Crippen molar-refractivity contribution in [3.63, 3.8) is 0 Å². The van der Waals surface area contributed by atoms with Crippen molar-refractivity contribution in [2.75, 3.05) is 5.32 Å². The lowest BCUT2D eigenvalue weighted by molar-refractivity contribution is 0.628. The number of hydrogen-bond acceptors (Lipinski definition) is 3. The summed E-state index contributed by atoms with van der Waals surface area (Å²) in [6, 6.07) is 5.77. The van der Waals surface area contributed by atoms with Crippen molar-refractivity contribution >= 4 is 51.9 Å². The fourth-order valence-corrected chi connectivity index (χ4v) is 2.34. The zero-order valence-corrected chi connectivity index (χ0v) is 12.7. The molecule has 0 atom stereocenters. The van der Waals surface area contributed by atoms with Gasteiger partial charge in [-0.25, -0.2) is 9.37 Å². The van der Waals surface area contributed by atoms with Crippen LogP contribution in [0.2, 0.25) is 10.0 Å². The van der Waals surface area contributed by atoms with Crippen molar-refractivity contribution in [3.05, 3.63) is 51.4 Å². The van der Waals surface area contributed by atoms with Crippen LogP contribution in [0.4, 0.5) is 15.9 Å². The smallest absolute Gasteiger partial charge is 0.131 e. The van der Waals surface area contributed by atoms with E-state index < -0.39 is 5.82 Å². The molecule has 0 aliphatic carbocycles. The van der Waals surface area contributed by atoms with Gasteiger partial charge in [0, 0.05) is 11.3 Å². The topological polar surface area (TPSA) is 50.9 Å². The van der Waals surface area contributed by atoms with Gasteiger partial charge < -0.3 is 11.1 Å². The first-order valence-corrected chi connectivity index (χ1v) is 6.73. The van der Waals surface area contributed by atoms with Crippen molar-refractivity contribution in [2.45, 2.75) is 6.92 Å². The van der Waals surface area contributed by atoms with Crippen LogP contribution in [0.25, 0.3) is 0 Å². The largest absolute Gasteiger partial charge is 0.389 e. The molecule has 7 heteroatoms. The number of nitrogens with one attached hydrogen (secondary N) is 1. The third-order valence-corrected chi connectivity index (χ3v) is 3.33. The molecule has 0 bridgehead atoms. The molecular formula is C13H10Cl2FN3S. The van der Waals surface area contributed by atoms with Crippen LogP contribution >= 0.6 is 35.4 Å². The molecule has 0 amide bonds. The molecule has 0 spiro atoms. The predicted molar refractivity (Wildman–Crippen MR) is 84.6 cm³/mol. The van der Waals surface area contributed by atoms with Gasteiger partial charge in [-0.3, -0.25) is 0 Å². The highest BCUT2D eigenvalue weighted by Gasteiger charge is 2.10. The standard InChI is InChI=1S/C13H10Cl2FN3S/c1-6-2-7(13(17)20)3-11(18-6)19-12-9(14)4-8(16)5-10(12)15/h2-5H,1H3,(H2,17,20)(H,18,19). The van der Waals surface area contributed by atoms with Gasteiger partial charge >= 0.3 is 0 Å². The summed E-state index contributed by atoms with van der Waals surface area (Å²) in [5, 5.41) is 3.27. The molecule has 0 unspecified atom stereocenters. The highest BCUT2D eigenvalue weighted by atomic mass is 35.5. The van der Waals surface area contributed by atoms with Gasteiger partial charge in [0.1, 0.15) is 16.6 Å². The molecule has 0 fully saturated rings. The molecule has 2 aromatic rings. The monoisotopic (exact) mass is 329 g/mol. The molecule has 1 aromatic heterocycles. The number of hydrogen-bond donors (Lipinski definition) is 2. The molecule has 0 aliphatic rings. The zero-order chi connectivity index (χ0) is 14.9. The van der Waals surface area contributed by atoms with Crippen molar-refractivity contribution in [1.29, 1.82) is 0 Å². The van der Waals surface area contributed by atoms with Gasteiger partial charge in [0.2, 0.25) is 0 Å². The molecule has 0 saturated heterocycles. The van der Waals surface area contributed by atoms with E-state index in [1.807, 2.05) is 0 Å². The molecule has 104 valence electrons. The van der Waals surface area contributed by atoms with Gasteiger partial charge in [0.05, 0.1) is 15.7 Å². The molecule has 3 nitrogen and oxygen atoms in total. The first-order chi connectivity index (χ1) is 9.36. The van der Waals surface area contributed by atoms with Crippen LogP contribution in [0.3, 0.4) is 0 Å². The number of rotatable bonds is 3. The summed E-state index contributed by atoms with van der Waals surface area (Å²) < 4.78 is 13.1. The number of nitrogens with zero attached hydrogens (tertiary/aromatic N) is 1. The number of aromatic nitrogens is 1. The first-order valence-electron chi connectivity index (χ1n) is 5.57. The summed E-state index contributed by atoms with van der Waals surface area (Å²) in [6.45, 7) is 1.81. The Morgan fingerprint density at radius 1 is 1.25 bits per heavy atom. The number of halogens is 3. The second-order valence-electron chi connectivity index (χ2n) is 4.12. The van der Waals surface area contributed by atoms with Gasteiger partial charge in [-0.2, -0.15) is 0 Å². The Kier molecular flexibility index (Phi) is 4.42. The number of aryl methyl sites for hydroxylation is 1. The van der Waals surface area contributed by atoms with Gasteiger partial charge in [-0.05, 0) is 31.2 Å². The van der Waals surface area contributed by atoms with Gasteiger partial charge in [-0.1, -0.05) is 35.4 Å². The predicted octanol–water partition coefficient (Wildman–Crippen LogP) is 4.21. The van der Waals surface area contributed by atoms with E-state index in [4.69, 9.17) is 41.2 Å². The minimum Gasteiger partial charge on any atom is -0.389 e. The maximum absolute atomic E-state index is 13.1. The number of anilines is 2. The second kappa shape index (κ2) is 5.91. The Hall–Kier alpha value is -1.43. The van der Waals surface area contributed by atoms with Crippen LogP contribution < -0.4 is 11.1 Å².